The zero-order valence-corrected chi connectivity index (χ0v) is 7.05. The number of carboxylic acids is 1. The fourth-order valence-corrected chi connectivity index (χ4v) is 0.622. The first-order chi connectivity index (χ1) is 5.04. The minimum absolute atomic E-state index is 0.409. The Bertz CT molecular complexity index is 190. The molecule has 0 aliphatic rings. The Morgan fingerprint density at radius 2 is 2.09 bits per heavy atom. The SMILES string of the molecule is C=C(C)CC/C=C(\C)C(=O)O. The molecule has 11 heavy (non-hydrogen) atoms. The Kier molecular flexibility index (Phi) is 4.27. The number of allylic oxidation sites excluding steroid dienone is 2. The van der Waals surface area contributed by atoms with Crippen LogP contribution in [0.1, 0.15) is 26.7 Å². The van der Waals surface area contributed by atoms with Crippen LogP contribution < -0.4 is 0 Å². The molecule has 62 valence electrons. The van der Waals surface area contributed by atoms with Crippen LogP contribution in [-0.4, -0.2) is 11.1 Å². The lowest BCUT2D eigenvalue weighted by atomic mass is 10.1. The van der Waals surface area contributed by atoms with Crippen LogP contribution in [0.25, 0.3) is 0 Å². The molecule has 0 bridgehead atoms. The number of rotatable bonds is 4. The molecule has 0 atom stereocenters. The maximum absolute atomic E-state index is 10.3. The second-order valence-electron chi connectivity index (χ2n) is 2.69. The van der Waals surface area contributed by atoms with E-state index in [0.29, 0.717) is 5.57 Å². The van der Waals surface area contributed by atoms with Gasteiger partial charge in [-0.1, -0.05) is 11.6 Å². The van der Waals surface area contributed by atoms with Gasteiger partial charge in [0, 0.05) is 5.57 Å². The highest BCUT2D eigenvalue weighted by atomic mass is 16.4. The maximum atomic E-state index is 10.3. The Labute approximate surface area is 67.2 Å². The van der Waals surface area contributed by atoms with E-state index in [1.54, 1.807) is 13.0 Å². The van der Waals surface area contributed by atoms with Gasteiger partial charge in [0.2, 0.25) is 0 Å². The molecule has 0 amide bonds. The van der Waals surface area contributed by atoms with E-state index in [0.717, 1.165) is 18.4 Å². The van der Waals surface area contributed by atoms with Crippen molar-refractivity contribution >= 4 is 5.97 Å². The first-order valence-electron chi connectivity index (χ1n) is 3.58. The van der Waals surface area contributed by atoms with Crippen molar-refractivity contribution in [3.63, 3.8) is 0 Å². The molecule has 0 aromatic carbocycles. The molecular formula is C9H14O2. The lowest BCUT2D eigenvalue weighted by Gasteiger charge is -1.94. The predicted octanol–water partition coefficient (Wildman–Crippen LogP) is 2.37. The Morgan fingerprint density at radius 3 is 2.45 bits per heavy atom. The topological polar surface area (TPSA) is 37.3 Å². The molecular weight excluding hydrogens is 140 g/mol. The summed E-state index contributed by atoms with van der Waals surface area (Å²) in [5, 5.41) is 8.46. The summed E-state index contributed by atoms with van der Waals surface area (Å²) in [5.74, 6) is -0.841. The van der Waals surface area contributed by atoms with Crippen LogP contribution in [0.15, 0.2) is 23.8 Å². The number of hydrogen-bond acceptors (Lipinski definition) is 1. The van der Waals surface area contributed by atoms with E-state index in [9.17, 15) is 4.79 Å². The highest BCUT2D eigenvalue weighted by Gasteiger charge is 1.97. The zero-order chi connectivity index (χ0) is 8.85. The molecule has 0 radical (unpaired) electrons. The minimum atomic E-state index is -0.841. The molecule has 0 aliphatic heterocycles. The van der Waals surface area contributed by atoms with Crippen molar-refractivity contribution in [2.75, 3.05) is 0 Å². The van der Waals surface area contributed by atoms with Crippen molar-refractivity contribution < 1.29 is 9.90 Å². The largest absolute Gasteiger partial charge is 0.478 e. The molecule has 0 aromatic rings. The van der Waals surface area contributed by atoms with E-state index in [-0.39, 0.29) is 0 Å². The van der Waals surface area contributed by atoms with E-state index in [1.807, 2.05) is 6.92 Å². The van der Waals surface area contributed by atoms with Gasteiger partial charge in [0.05, 0.1) is 0 Å². The number of aliphatic carboxylic acids is 1. The highest BCUT2D eigenvalue weighted by molar-refractivity contribution is 5.85. The van der Waals surface area contributed by atoms with Crippen LogP contribution >= 0.6 is 0 Å². The standard InChI is InChI=1S/C9H14O2/c1-7(2)5-4-6-8(3)9(10)11/h6H,1,4-5H2,2-3H3,(H,10,11)/b8-6+. The first-order valence-corrected chi connectivity index (χ1v) is 3.58. The normalized spacial score (nSPS) is 11.3. The summed E-state index contributed by atoms with van der Waals surface area (Å²) >= 11 is 0. The molecule has 0 unspecified atom stereocenters. The lowest BCUT2D eigenvalue weighted by Crippen LogP contribution is -1.95. The zero-order valence-electron chi connectivity index (χ0n) is 7.05. The van der Waals surface area contributed by atoms with Gasteiger partial charge in [-0.05, 0) is 26.7 Å². The third-order valence-corrected chi connectivity index (χ3v) is 1.36. The van der Waals surface area contributed by atoms with Crippen molar-refractivity contribution in [2.45, 2.75) is 26.7 Å². The molecule has 2 nitrogen and oxygen atoms in total. The molecule has 0 fully saturated rings. The maximum Gasteiger partial charge on any atom is 0.330 e. The van der Waals surface area contributed by atoms with Crippen LogP contribution in [-0.2, 0) is 4.79 Å². The van der Waals surface area contributed by atoms with Gasteiger partial charge in [-0.25, -0.2) is 4.79 Å². The quantitative estimate of drug-likeness (QED) is 0.498. The third kappa shape index (κ3) is 5.40. The second kappa shape index (κ2) is 4.72. The van der Waals surface area contributed by atoms with E-state index in [2.05, 4.69) is 6.58 Å². The second-order valence-corrected chi connectivity index (χ2v) is 2.69. The van der Waals surface area contributed by atoms with Gasteiger partial charge in [0.25, 0.3) is 0 Å². The van der Waals surface area contributed by atoms with E-state index < -0.39 is 5.97 Å². The van der Waals surface area contributed by atoms with E-state index >= 15 is 0 Å². The predicted molar refractivity (Wildman–Crippen MR) is 45.4 cm³/mol. The van der Waals surface area contributed by atoms with Gasteiger partial charge in [-0.2, -0.15) is 0 Å². The summed E-state index contributed by atoms with van der Waals surface area (Å²) < 4.78 is 0. The number of carbonyl (C=O) groups is 1. The molecule has 0 saturated carbocycles. The third-order valence-electron chi connectivity index (χ3n) is 1.36. The minimum Gasteiger partial charge on any atom is -0.478 e. The van der Waals surface area contributed by atoms with Gasteiger partial charge in [-0.3, -0.25) is 0 Å². The number of hydrogen-bond donors (Lipinski definition) is 1. The molecule has 2 heteroatoms. The monoisotopic (exact) mass is 154 g/mol. The summed E-state index contributed by atoms with van der Waals surface area (Å²) in [6, 6.07) is 0. The fraction of sp³-hybridized carbons (Fsp3) is 0.444. The van der Waals surface area contributed by atoms with E-state index in [4.69, 9.17) is 5.11 Å². The van der Waals surface area contributed by atoms with Crippen molar-refractivity contribution in [2.24, 2.45) is 0 Å². The van der Waals surface area contributed by atoms with Crippen LogP contribution in [0.3, 0.4) is 0 Å². The summed E-state index contributed by atoms with van der Waals surface area (Å²) in [6.07, 6.45) is 3.36. The van der Waals surface area contributed by atoms with Crippen LogP contribution in [0.2, 0.25) is 0 Å². The molecule has 0 heterocycles. The molecule has 0 rings (SSSR count). The summed E-state index contributed by atoms with van der Waals surface area (Å²) in [7, 11) is 0. The van der Waals surface area contributed by atoms with Gasteiger partial charge >= 0.3 is 5.97 Å². The summed E-state index contributed by atoms with van der Waals surface area (Å²) in [6.45, 7) is 7.25. The Hall–Kier alpha value is -1.05. The highest BCUT2D eigenvalue weighted by Crippen LogP contribution is 2.03. The van der Waals surface area contributed by atoms with Crippen LogP contribution in [0.5, 0.6) is 0 Å². The van der Waals surface area contributed by atoms with Gasteiger partial charge in [0.15, 0.2) is 0 Å². The smallest absolute Gasteiger partial charge is 0.330 e. The molecule has 0 aliphatic carbocycles. The van der Waals surface area contributed by atoms with Crippen molar-refractivity contribution in [3.8, 4) is 0 Å². The van der Waals surface area contributed by atoms with E-state index in [1.165, 1.54) is 0 Å². The molecule has 0 spiro atoms. The number of carboxylic acid groups (broad SMARTS) is 1. The van der Waals surface area contributed by atoms with Crippen molar-refractivity contribution in [1.82, 2.24) is 0 Å². The van der Waals surface area contributed by atoms with Gasteiger partial charge in [-0.15, -0.1) is 6.58 Å². The lowest BCUT2D eigenvalue weighted by molar-refractivity contribution is -0.132. The fourth-order valence-electron chi connectivity index (χ4n) is 0.622. The van der Waals surface area contributed by atoms with Gasteiger partial charge < -0.3 is 5.11 Å². The van der Waals surface area contributed by atoms with Crippen molar-refractivity contribution in [1.29, 1.82) is 0 Å². The Morgan fingerprint density at radius 1 is 1.55 bits per heavy atom. The molecule has 0 saturated heterocycles. The van der Waals surface area contributed by atoms with Crippen LogP contribution in [0.4, 0.5) is 0 Å². The summed E-state index contributed by atoms with van der Waals surface area (Å²) in [5.41, 5.74) is 1.49. The van der Waals surface area contributed by atoms with Crippen LogP contribution in [0, 0.1) is 0 Å². The first kappa shape index (κ1) is 9.95. The molecule has 1 N–H and O–H groups in total. The van der Waals surface area contributed by atoms with Crippen molar-refractivity contribution in [3.05, 3.63) is 23.8 Å². The molecule has 0 aromatic heterocycles. The average Bonchev–Trinajstić information content (AvgIpc) is 1.86. The van der Waals surface area contributed by atoms with Gasteiger partial charge in [0.1, 0.15) is 0 Å². The Balaban J connectivity index is 3.74. The average molecular weight is 154 g/mol. The summed E-state index contributed by atoms with van der Waals surface area (Å²) in [4.78, 5) is 10.3.